The molecule has 90 valence electrons. The van der Waals surface area contributed by atoms with Crippen molar-refractivity contribution in [3.05, 3.63) is 34.8 Å². The topological polar surface area (TPSA) is 73.1 Å². The molecule has 0 unspecified atom stereocenters. The van der Waals surface area contributed by atoms with Gasteiger partial charge in [-0.1, -0.05) is 30.4 Å². The van der Waals surface area contributed by atoms with Crippen LogP contribution in [0.2, 0.25) is 0 Å². The predicted molar refractivity (Wildman–Crippen MR) is 67.9 cm³/mol. The third-order valence-corrected chi connectivity index (χ3v) is 3.09. The highest BCUT2D eigenvalue weighted by molar-refractivity contribution is 7.15. The van der Waals surface area contributed by atoms with Gasteiger partial charge >= 0.3 is 0 Å². The average Bonchev–Trinajstić information content (AvgIpc) is 2.84. The van der Waals surface area contributed by atoms with Crippen molar-refractivity contribution in [1.82, 2.24) is 10.2 Å². The number of hydrazine groups is 1. The number of benzene rings is 1. The van der Waals surface area contributed by atoms with Gasteiger partial charge in [-0.3, -0.25) is 5.43 Å². The molecular formula is C11H14N4OS. The molecule has 0 saturated heterocycles. The van der Waals surface area contributed by atoms with Crippen molar-refractivity contribution in [2.24, 2.45) is 5.84 Å². The molecular weight excluding hydrogens is 236 g/mol. The molecule has 2 aromatic rings. The van der Waals surface area contributed by atoms with Gasteiger partial charge in [0.05, 0.1) is 0 Å². The summed E-state index contributed by atoms with van der Waals surface area (Å²) in [6.45, 7) is 2.52. The maximum atomic E-state index is 5.63. The number of ether oxygens (including phenoxy) is 1. The highest BCUT2D eigenvalue weighted by atomic mass is 32.1. The Morgan fingerprint density at radius 3 is 3.00 bits per heavy atom. The minimum absolute atomic E-state index is 0.409. The van der Waals surface area contributed by atoms with Gasteiger partial charge in [-0.2, -0.15) is 0 Å². The number of nitrogen functional groups attached to an aromatic ring is 1. The zero-order valence-corrected chi connectivity index (χ0v) is 10.3. The Hall–Kier alpha value is -1.66. The van der Waals surface area contributed by atoms with Gasteiger partial charge in [0.1, 0.15) is 12.4 Å². The molecule has 5 nitrogen and oxygen atoms in total. The standard InChI is InChI=1S/C11H14N4OS/c1-2-8-4-3-5-9(6-8)16-7-10-14-15-11(13-12)17-10/h3-6H,2,7,12H2,1H3,(H,13,15). The molecule has 0 aliphatic carbocycles. The lowest BCUT2D eigenvalue weighted by molar-refractivity contribution is 0.304. The minimum atomic E-state index is 0.409. The van der Waals surface area contributed by atoms with Crippen LogP contribution in [0, 0.1) is 0 Å². The molecule has 6 heteroatoms. The Balaban J connectivity index is 1.96. The first-order chi connectivity index (χ1) is 8.31. The molecule has 0 fully saturated rings. The maximum Gasteiger partial charge on any atom is 0.219 e. The van der Waals surface area contributed by atoms with E-state index in [-0.39, 0.29) is 0 Å². The van der Waals surface area contributed by atoms with E-state index < -0.39 is 0 Å². The van der Waals surface area contributed by atoms with E-state index in [1.165, 1.54) is 16.9 Å². The fourth-order valence-electron chi connectivity index (χ4n) is 1.37. The molecule has 0 aliphatic rings. The van der Waals surface area contributed by atoms with E-state index in [2.05, 4.69) is 28.6 Å². The van der Waals surface area contributed by atoms with Crippen molar-refractivity contribution in [1.29, 1.82) is 0 Å². The number of anilines is 1. The van der Waals surface area contributed by atoms with Crippen molar-refractivity contribution in [3.63, 3.8) is 0 Å². The van der Waals surface area contributed by atoms with E-state index in [1.807, 2.05) is 18.2 Å². The molecule has 1 heterocycles. The van der Waals surface area contributed by atoms with E-state index in [0.717, 1.165) is 17.2 Å². The van der Waals surface area contributed by atoms with E-state index in [4.69, 9.17) is 10.6 Å². The second-order valence-electron chi connectivity index (χ2n) is 3.43. The SMILES string of the molecule is CCc1cccc(OCc2nnc(NN)s2)c1. The van der Waals surface area contributed by atoms with Gasteiger partial charge in [-0.25, -0.2) is 5.84 Å². The summed E-state index contributed by atoms with van der Waals surface area (Å²) in [6.07, 6.45) is 0.997. The van der Waals surface area contributed by atoms with Gasteiger partial charge in [0.15, 0.2) is 5.01 Å². The molecule has 0 bridgehead atoms. The molecule has 3 N–H and O–H groups in total. The van der Waals surface area contributed by atoms with Crippen molar-refractivity contribution in [2.75, 3.05) is 5.43 Å². The monoisotopic (exact) mass is 250 g/mol. The van der Waals surface area contributed by atoms with Crippen LogP contribution in [-0.2, 0) is 13.0 Å². The number of nitrogens with one attached hydrogen (secondary N) is 1. The van der Waals surface area contributed by atoms with E-state index in [0.29, 0.717) is 11.7 Å². The zero-order valence-electron chi connectivity index (χ0n) is 9.51. The first-order valence-electron chi connectivity index (χ1n) is 5.32. The number of aryl methyl sites for hydroxylation is 1. The summed E-state index contributed by atoms with van der Waals surface area (Å²) in [5.41, 5.74) is 3.71. The summed E-state index contributed by atoms with van der Waals surface area (Å²) in [6, 6.07) is 8.03. The Bertz CT molecular complexity index is 486. The van der Waals surface area contributed by atoms with Crippen LogP contribution in [0.1, 0.15) is 17.5 Å². The molecule has 0 radical (unpaired) electrons. The van der Waals surface area contributed by atoms with Crippen molar-refractivity contribution < 1.29 is 4.74 Å². The molecule has 0 aliphatic heterocycles. The fourth-order valence-corrected chi connectivity index (χ4v) is 1.93. The van der Waals surface area contributed by atoms with Crippen LogP contribution in [0.15, 0.2) is 24.3 Å². The summed E-state index contributed by atoms with van der Waals surface area (Å²) < 4.78 is 5.63. The van der Waals surface area contributed by atoms with Crippen LogP contribution in [0.3, 0.4) is 0 Å². The van der Waals surface area contributed by atoms with Crippen LogP contribution in [0.5, 0.6) is 5.75 Å². The normalized spacial score (nSPS) is 10.2. The minimum Gasteiger partial charge on any atom is -0.486 e. The van der Waals surface area contributed by atoms with Crippen molar-refractivity contribution in [3.8, 4) is 5.75 Å². The lowest BCUT2D eigenvalue weighted by Gasteiger charge is -2.04. The lowest BCUT2D eigenvalue weighted by atomic mass is 10.2. The van der Waals surface area contributed by atoms with Gasteiger partial charge in [0.25, 0.3) is 0 Å². The number of nitrogens with two attached hydrogens (primary N) is 1. The van der Waals surface area contributed by atoms with E-state index >= 15 is 0 Å². The quantitative estimate of drug-likeness (QED) is 0.627. The third kappa shape index (κ3) is 3.15. The van der Waals surface area contributed by atoms with Gasteiger partial charge < -0.3 is 4.74 Å². The first-order valence-corrected chi connectivity index (χ1v) is 6.14. The van der Waals surface area contributed by atoms with Gasteiger partial charge in [-0.05, 0) is 24.1 Å². The maximum absolute atomic E-state index is 5.63. The number of aromatic nitrogens is 2. The molecule has 0 saturated carbocycles. The van der Waals surface area contributed by atoms with Gasteiger partial charge in [0.2, 0.25) is 5.13 Å². The summed E-state index contributed by atoms with van der Waals surface area (Å²) >= 11 is 1.38. The van der Waals surface area contributed by atoms with Crippen molar-refractivity contribution in [2.45, 2.75) is 20.0 Å². The zero-order chi connectivity index (χ0) is 12.1. The summed E-state index contributed by atoms with van der Waals surface area (Å²) in [5, 5.41) is 9.16. The van der Waals surface area contributed by atoms with Crippen LogP contribution in [-0.4, -0.2) is 10.2 Å². The Labute approximate surface area is 104 Å². The van der Waals surface area contributed by atoms with E-state index in [1.54, 1.807) is 0 Å². The molecule has 1 aromatic heterocycles. The Kier molecular flexibility index (Phi) is 3.89. The Morgan fingerprint density at radius 1 is 1.41 bits per heavy atom. The van der Waals surface area contributed by atoms with Gasteiger partial charge in [-0.15, -0.1) is 10.2 Å². The molecule has 0 spiro atoms. The lowest BCUT2D eigenvalue weighted by Crippen LogP contribution is -2.05. The smallest absolute Gasteiger partial charge is 0.219 e. The molecule has 0 atom stereocenters. The van der Waals surface area contributed by atoms with E-state index in [9.17, 15) is 0 Å². The molecule has 17 heavy (non-hydrogen) atoms. The number of hydrogen-bond donors (Lipinski definition) is 2. The second-order valence-corrected chi connectivity index (χ2v) is 4.50. The van der Waals surface area contributed by atoms with Crippen LogP contribution in [0.25, 0.3) is 0 Å². The average molecular weight is 250 g/mol. The predicted octanol–water partition coefficient (Wildman–Crippen LogP) is 1.97. The highest BCUT2D eigenvalue weighted by Gasteiger charge is 2.03. The molecule has 0 amide bonds. The largest absolute Gasteiger partial charge is 0.486 e. The fraction of sp³-hybridized carbons (Fsp3) is 0.273. The summed E-state index contributed by atoms with van der Waals surface area (Å²) in [7, 11) is 0. The van der Waals surface area contributed by atoms with Crippen LogP contribution >= 0.6 is 11.3 Å². The number of rotatable bonds is 5. The number of hydrogen-bond acceptors (Lipinski definition) is 6. The third-order valence-electron chi connectivity index (χ3n) is 2.26. The van der Waals surface area contributed by atoms with Crippen LogP contribution in [0.4, 0.5) is 5.13 Å². The first kappa shape index (κ1) is 11.8. The van der Waals surface area contributed by atoms with Gasteiger partial charge in [0, 0.05) is 0 Å². The van der Waals surface area contributed by atoms with Crippen molar-refractivity contribution >= 4 is 16.5 Å². The highest BCUT2D eigenvalue weighted by Crippen LogP contribution is 2.18. The summed E-state index contributed by atoms with van der Waals surface area (Å²) in [4.78, 5) is 0. The molecule has 1 aromatic carbocycles. The number of nitrogens with zero attached hydrogens (tertiary/aromatic N) is 2. The van der Waals surface area contributed by atoms with Crippen LogP contribution < -0.4 is 16.0 Å². The molecule has 2 rings (SSSR count). The summed E-state index contributed by atoms with van der Waals surface area (Å²) in [5.74, 6) is 6.07. The second kappa shape index (κ2) is 5.60. The Morgan fingerprint density at radius 2 is 2.29 bits per heavy atom.